The van der Waals surface area contributed by atoms with Crippen molar-refractivity contribution in [3.63, 3.8) is 0 Å². The van der Waals surface area contributed by atoms with E-state index in [9.17, 15) is 4.79 Å². The lowest BCUT2D eigenvalue weighted by atomic mass is 10.2. The molecule has 4 aromatic rings. The smallest absolute Gasteiger partial charge is 0.261 e. The minimum atomic E-state index is -0.172. The Morgan fingerprint density at radius 3 is 2.64 bits per heavy atom. The van der Waals surface area contributed by atoms with E-state index in [1.807, 2.05) is 60.0 Å². The third-order valence-electron chi connectivity index (χ3n) is 4.71. The number of benzene rings is 2. The Labute approximate surface area is 172 Å². The highest BCUT2D eigenvalue weighted by molar-refractivity contribution is 7.12. The van der Waals surface area contributed by atoms with Gasteiger partial charge in [0, 0.05) is 11.6 Å². The van der Waals surface area contributed by atoms with E-state index in [4.69, 9.17) is 16.6 Å². The van der Waals surface area contributed by atoms with Crippen LogP contribution in [-0.2, 0) is 6.54 Å². The molecule has 2 aromatic carbocycles. The normalized spacial score (nSPS) is 12.2. The number of halogens is 1. The first-order valence-electron chi connectivity index (χ1n) is 9.19. The molecule has 1 atom stereocenters. The summed E-state index contributed by atoms with van der Waals surface area (Å²) in [5.74, 6) is 0.801. The highest BCUT2D eigenvalue weighted by Gasteiger charge is 2.21. The van der Waals surface area contributed by atoms with Crippen LogP contribution in [0.5, 0.6) is 0 Å². The Hall–Kier alpha value is -2.63. The summed E-state index contributed by atoms with van der Waals surface area (Å²) in [7, 11) is 0. The Morgan fingerprint density at radius 1 is 1.14 bits per heavy atom. The predicted molar refractivity (Wildman–Crippen MR) is 115 cm³/mol. The number of fused-ring (bicyclic) bond motifs is 1. The zero-order valence-electron chi connectivity index (χ0n) is 15.4. The number of thiophene rings is 1. The van der Waals surface area contributed by atoms with Crippen LogP contribution in [0, 0.1) is 0 Å². The van der Waals surface area contributed by atoms with Crippen LogP contribution in [0.3, 0.4) is 0 Å². The van der Waals surface area contributed by atoms with Crippen molar-refractivity contribution in [2.24, 2.45) is 0 Å². The standard InChI is InChI=1S/C22H20ClN3OS/c1-2-17(25-22(27)20-8-5-13-28-20)21-24-18-6-3-4-7-19(18)26(21)14-15-9-11-16(23)12-10-15/h3-13,17H,2,14H2,1H3,(H,25,27). The summed E-state index contributed by atoms with van der Waals surface area (Å²) in [6.07, 6.45) is 0.751. The van der Waals surface area contributed by atoms with Gasteiger partial charge in [0.1, 0.15) is 5.82 Å². The van der Waals surface area contributed by atoms with Gasteiger partial charge in [0.15, 0.2) is 0 Å². The van der Waals surface area contributed by atoms with Crippen LogP contribution in [0.15, 0.2) is 66.0 Å². The van der Waals surface area contributed by atoms with Crippen LogP contribution in [0.2, 0.25) is 5.02 Å². The van der Waals surface area contributed by atoms with E-state index in [1.54, 1.807) is 0 Å². The van der Waals surface area contributed by atoms with Crippen LogP contribution in [-0.4, -0.2) is 15.5 Å². The Morgan fingerprint density at radius 2 is 1.93 bits per heavy atom. The molecule has 1 unspecified atom stereocenters. The van der Waals surface area contributed by atoms with Crippen molar-refractivity contribution in [1.29, 1.82) is 0 Å². The fraction of sp³-hybridized carbons (Fsp3) is 0.182. The SMILES string of the molecule is CCC(NC(=O)c1cccs1)c1nc2ccccc2n1Cc1ccc(Cl)cc1. The van der Waals surface area contributed by atoms with Crippen LogP contribution in [0.4, 0.5) is 0 Å². The minimum absolute atomic E-state index is 0.0630. The van der Waals surface area contributed by atoms with Gasteiger partial charge in [0.05, 0.1) is 22.0 Å². The molecule has 0 radical (unpaired) electrons. The predicted octanol–water partition coefficient (Wildman–Crippen LogP) is 5.68. The van der Waals surface area contributed by atoms with E-state index >= 15 is 0 Å². The number of imidazole rings is 1. The molecule has 4 rings (SSSR count). The second kappa shape index (κ2) is 8.17. The molecule has 28 heavy (non-hydrogen) atoms. The van der Waals surface area contributed by atoms with E-state index < -0.39 is 0 Å². The number of amides is 1. The number of para-hydroxylation sites is 2. The van der Waals surface area contributed by atoms with Gasteiger partial charge < -0.3 is 9.88 Å². The fourth-order valence-corrected chi connectivity index (χ4v) is 4.04. The third kappa shape index (κ3) is 3.81. The highest BCUT2D eigenvalue weighted by Crippen LogP contribution is 2.25. The molecule has 1 amide bonds. The second-order valence-electron chi connectivity index (χ2n) is 6.58. The van der Waals surface area contributed by atoms with Crippen molar-refractivity contribution in [2.45, 2.75) is 25.9 Å². The number of hydrogen-bond donors (Lipinski definition) is 1. The van der Waals surface area contributed by atoms with Crippen molar-refractivity contribution in [3.8, 4) is 0 Å². The Kier molecular flexibility index (Phi) is 5.46. The van der Waals surface area contributed by atoms with Crippen LogP contribution in [0.1, 0.15) is 40.4 Å². The van der Waals surface area contributed by atoms with Gasteiger partial charge in [0.25, 0.3) is 5.91 Å². The first kappa shape index (κ1) is 18.7. The molecule has 1 N–H and O–H groups in total. The van der Waals surface area contributed by atoms with Gasteiger partial charge in [-0.1, -0.05) is 48.9 Å². The summed E-state index contributed by atoms with van der Waals surface area (Å²) in [6.45, 7) is 2.73. The van der Waals surface area contributed by atoms with E-state index in [-0.39, 0.29) is 11.9 Å². The largest absolute Gasteiger partial charge is 0.341 e. The molecular weight excluding hydrogens is 390 g/mol. The molecule has 2 aromatic heterocycles. The summed E-state index contributed by atoms with van der Waals surface area (Å²) < 4.78 is 2.18. The lowest BCUT2D eigenvalue weighted by molar-refractivity contribution is 0.0937. The van der Waals surface area contributed by atoms with Gasteiger partial charge in [-0.2, -0.15) is 0 Å². The lowest BCUT2D eigenvalue weighted by Crippen LogP contribution is -2.29. The number of hydrogen-bond acceptors (Lipinski definition) is 3. The molecule has 0 fully saturated rings. The zero-order chi connectivity index (χ0) is 19.5. The highest BCUT2D eigenvalue weighted by atomic mass is 35.5. The van der Waals surface area contributed by atoms with Crippen LogP contribution >= 0.6 is 22.9 Å². The van der Waals surface area contributed by atoms with Crippen LogP contribution in [0.25, 0.3) is 11.0 Å². The Balaban J connectivity index is 1.72. The third-order valence-corrected chi connectivity index (χ3v) is 5.83. The number of carbonyl (C=O) groups excluding carboxylic acids is 1. The van der Waals surface area contributed by atoms with Crippen molar-refractivity contribution >= 4 is 39.9 Å². The number of rotatable bonds is 6. The molecule has 0 aliphatic heterocycles. The molecule has 0 spiro atoms. The maximum atomic E-state index is 12.6. The topological polar surface area (TPSA) is 46.9 Å². The zero-order valence-corrected chi connectivity index (χ0v) is 17.0. The van der Waals surface area contributed by atoms with Crippen molar-refractivity contribution in [1.82, 2.24) is 14.9 Å². The van der Waals surface area contributed by atoms with Crippen LogP contribution < -0.4 is 5.32 Å². The monoisotopic (exact) mass is 409 g/mol. The summed E-state index contributed by atoms with van der Waals surface area (Å²) in [5.41, 5.74) is 3.11. The maximum Gasteiger partial charge on any atom is 0.261 e. The van der Waals surface area contributed by atoms with Gasteiger partial charge in [-0.15, -0.1) is 11.3 Å². The molecule has 0 aliphatic carbocycles. The molecule has 142 valence electrons. The number of nitrogens with zero attached hydrogens (tertiary/aromatic N) is 2. The molecule has 2 heterocycles. The minimum Gasteiger partial charge on any atom is -0.341 e. The van der Waals surface area contributed by atoms with Crippen molar-refractivity contribution in [3.05, 3.63) is 87.3 Å². The lowest BCUT2D eigenvalue weighted by Gasteiger charge is -2.18. The molecule has 0 saturated heterocycles. The molecule has 0 bridgehead atoms. The average molecular weight is 410 g/mol. The fourth-order valence-electron chi connectivity index (χ4n) is 3.29. The van der Waals surface area contributed by atoms with Gasteiger partial charge in [-0.05, 0) is 47.7 Å². The first-order valence-corrected chi connectivity index (χ1v) is 10.5. The quantitative estimate of drug-likeness (QED) is 0.445. The Bertz CT molecular complexity index is 1090. The van der Waals surface area contributed by atoms with E-state index in [1.165, 1.54) is 11.3 Å². The van der Waals surface area contributed by atoms with Gasteiger partial charge in [0.2, 0.25) is 0 Å². The van der Waals surface area contributed by atoms with Gasteiger partial charge in [-0.3, -0.25) is 4.79 Å². The number of aromatic nitrogens is 2. The molecule has 4 nitrogen and oxygen atoms in total. The van der Waals surface area contributed by atoms with E-state index in [0.717, 1.165) is 28.8 Å². The molecule has 0 saturated carbocycles. The average Bonchev–Trinajstić information content (AvgIpc) is 3.37. The second-order valence-corrected chi connectivity index (χ2v) is 7.97. The van der Waals surface area contributed by atoms with E-state index in [0.29, 0.717) is 16.4 Å². The van der Waals surface area contributed by atoms with Gasteiger partial charge >= 0.3 is 0 Å². The van der Waals surface area contributed by atoms with Crippen molar-refractivity contribution < 1.29 is 4.79 Å². The molecule has 0 aliphatic rings. The summed E-state index contributed by atoms with van der Waals surface area (Å²) in [5, 5.41) is 5.77. The van der Waals surface area contributed by atoms with E-state index in [2.05, 4.69) is 22.9 Å². The first-order chi connectivity index (χ1) is 13.7. The molecular formula is C22H20ClN3OS. The summed E-state index contributed by atoms with van der Waals surface area (Å²) in [6, 6.07) is 19.4. The molecule has 6 heteroatoms. The van der Waals surface area contributed by atoms with Crippen molar-refractivity contribution in [2.75, 3.05) is 0 Å². The maximum absolute atomic E-state index is 12.6. The number of carbonyl (C=O) groups is 1. The number of nitrogens with one attached hydrogen (secondary N) is 1. The van der Waals surface area contributed by atoms with Gasteiger partial charge in [-0.25, -0.2) is 4.98 Å². The summed E-state index contributed by atoms with van der Waals surface area (Å²) in [4.78, 5) is 18.2. The summed E-state index contributed by atoms with van der Waals surface area (Å²) >= 11 is 7.47.